The molecule has 2 aromatic carbocycles. The lowest BCUT2D eigenvalue weighted by atomic mass is 9.85. The number of amides is 1. The van der Waals surface area contributed by atoms with Crippen LogP contribution in [0.4, 0.5) is 10.5 Å². The van der Waals surface area contributed by atoms with E-state index in [1.165, 1.54) is 0 Å². The number of methoxy groups -OCH3 is 1. The Morgan fingerprint density at radius 1 is 0.949 bits per heavy atom. The summed E-state index contributed by atoms with van der Waals surface area (Å²) in [7, 11) is 1.70. The van der Waals surface area contributed by atoms with Crippen LogP contribution in [0.2, 0.25) is 0 Å². The molecule has 0 bridgehead atoms. The molecule has 7 nitrogen and oxygen atoms in total. The van der Waals surface area contributed by atoms with Crippen molar-refractivity contribution < 1.29 is 23.8 Å². The van der Waals surface area contributed by atoms with Crippen molar-refractivity contribution in [3.8, 4) is 5.75 Å². The maximum Gasteiger partial charge on any atom is 0.513 e. The molecule has 0 radical (unpaired) electrons. The smallest absolute Gasteiger partial charge is 0.434 e. The summed E-state index contributed by atoms with van der Waals surface area (Å²) in [5.41, 5.74) is 2.56. The number of piperidine rings is 1. The predicted molar refractivity (Wildman–Crippen MR) is 156 cm³/mol. The Morgan fingerprint density at radius 2 is 1.56 bits per heavy atom. The lowest BCUT2D eigenvalue weighted by Gasteiger charge is -2.48. The number of benzene rings is 2. The SMILES string of the molecule is CCC(=O)N(c1ccccc1)C1(COC)CCN(CCCOC(=O)Oc2c(C(C)C)cccc2C(C)C)CC1. The highest BCUT2D eigenvalue weighted by molar-refractivity contribution is 5.94. The van der Waals surface area contributed by atoms with Gasteiger partial charge in [-0.3, -0.25) is 4.79 Å². The minimum absolute atomic E-state index is 0.110. The van der Waals surface area contributed by atoms with Crippen molar-refractivity contribution in [3.05, 3.63) is 59.7 Å². The van der Waals surface area contributed by atoms with E-state index in [1.54, 1.807) is 7.11 Å². The zero-order valence-electron chi connectivity index (χ0n) is 24.6. The van der Waals surface area contributed by atoms with Crippen LogP contribution in [0.25, 0.3) is 0 Å². The molecule has 3 rings (SSSR count). The van der Waals surface area contributed by atoms with Gasteiger partial charge in [-0.05, 0) is 54.4 Å². The van der Waals surface area contributed by atoms with Gasteiger partial charge in [0.15, 0.2) is 0 Å². The van der Waals surface area contributed by atoms with Crippen LogP contribution in [0.3, 0.4) is 0 Å². The average molecular weight is 539 g/mol. The first-order valence-electron chi connectivity index (χ1n) is 14.3. The molecule has 0 N–H and O–H groups in total. The number of para-hydroxylation sites is 2. The van der Waals surface area contributed by atoms with E-state index in [9.17, 15) is 9.59 Å². The lowest BCUT2D eigenvalue weighted by molar-refractivity contribution is -0.120. The molecular formula is C32H46N2O5. The van der Waals surface area contributed by atoms with Gasteiger partial charge in [-0.1, -0.05) is 71.0 Å². The van der Waals surface area contributed by atoms with Crippen LogP contribution < -0.4 is 9.64 Å². The van der Waals surface area contributed by atoms with E-state index in [2.05, 4.69) is 32.6 Å². The fraction of sp³-hybridized carbons (Fsp3) is 0.562. The Hall–Kier alpha value is -2.90. The zero-order chi connectivity index (χ0) is 28.4. The van der Waals surface area contributed by atoms with Gasteiger partial charge in [0.1, 0.15) is 5.75 Å². The molecule has 1 amide bonds. The Morgan fingerprint density at radius 3 is 2.10 bits per heavy atom. The molecule has 0 aromatic heterocycles. The third kappa shape index (κ3) is 7.83. The van der Waals surface area contributed by atoms with Gasteiger partial charge in [0, 0.05) is 38.9 Å². The molecule has 7 heteroatoms. The summed E-state index contributed by atoms with van der Waals surface area (Å²) in [6.07, 6.45) is 2.13. The number of rotatable bonds is 12. The highest BCUT2D eigenvalue weighted by Gasteiger charge is 2.42. The summed E-state index contributed by atoms with van der Waals surface area (Å²) in [4.78, 5) is 30.0. The number of carbonyl (C=O) groups excluding carboxylic acids is 2. The third-order valence-electron chi connectivity index (χ3n) is 7.58. The van der Waals surface area contributed by atoms with Crippen LogP contribution in [0.5, 0.6) is 5.75 Å². The molecule has 1 heterocycles. The van der Waals surface area contributed by atoms with Crippen molar-refractivity contribution in [1.29, 1.82) is 0 Å². The van der Waals surface area contributed by atoms with Gasteiger partial charge >= 0.3 is 6.16 Å². The third-order valence-corrected chi connectivity index (χ3v) is 7.58. The molecule has 0 atom stereocenters. The standard InChI is InChI=1S/C32H46N2O5/c1-7-29(35)34(26-13-9-8-10-14-26)32(23-37-6)17-20-33(21-18-32)19-12-22-38-31(36)39-30-27(24(2)3)15-11-16-28(30)25(4)5/h8-11,13-16,24-25H,7,12,17-23H2,1-6H3. The summed E-state index contributed by atoms with van der Waals surface area (Å²) in [6.45, 7) is 13.6. The van der Waals surface area contributed by atoms with E-state index in [4.69, 9.17) is 14.2 Å². The van der Waals surface area contributed by atoms with Crippen LogP contribution >= 0.6 is 0 Å². The quantitative estimate of drug-likeness (QED) is 0.169. The van der Waals surface area contributed by atoms with Gasteiger partial charge in [-0.15, -0.1) is 0 Å². The second kappa shape index (κ2) is 14.5. The number of carbonyl (C=O) groups is 2. The molecule has 39 heavy (non-hydrogen) atoms. The molecule has 214 valence electrons. The minimum atomic E-state index is -0.653. The molecule has 0 aliphatic carbocycles. The van der Waals surface area contributed by atoms with Gasteiger partial charge in [0.05, 0.1) is 18.8 Å². The first-order valence-corrected chi connectivity index (χ1v) is 14.3. The topological polar surface area (TPSA) is 68.3 Å². The normalized spacial score (nSPS) is 15.4. The minimum Gasteiger partial charge on any atom is -0.434 e. The van der Waals surface area contributed by atoms with Crippen molar-refractivity contribution in [1.82, 2.24) is 4.90 Å². The molecule has 2 aromatic rings. The first kappa shape index (κ1) is 30.6. The number of likely N-dealkylation sites (tertiary alicyclic amines) is 1. The second-order valence-corrected chi connectivity index (χ2v) is 11.0. The predicted octanol–water partition coefficient (Wildman–Crippen LogP) is 6.76. The average Bonchev–Trinajstić information content (AvgIpc) is 2.92. The van der Waals surface area contributed by atoms with Gasteiger partial charge < -0.3 is 24.0 Å². The number of hydrogen-bond donors (Lipinski definition) is 0. The van der Waals surface area contributed by atoms with E-state index in [1.807, 2.05) is 60.4 Å². The largest absolute Gasteiger partial charge is 0.513 e. The summed E-state index contributed by atoms with van der Waals surface area (Å²) < 4.78 is 16.8. The number of anilines is 1. The zero-order valence-corrected chi connectivity index (χ0v) is 24.6. The van der Waals surface area contributed by atoms with E-state index in [-0.39, 0.29) is 23.3 Å². The molecule has 0 spiro atoms. The van der Waals surface area contributed by atoms with E-state index in [0.29, 0.717) is 31.8 Å². The summed E-state index contributed by atoms with van der Waals surface area (Å²) in [6, 6.07) is 15.9. The molecule has 1 fully saturated rings. The monoisotopic (exact) mass is 538 g/mol. The fourth-order valence-corrected chi connectivity index (χ4v) is 5.47. The van der Waals surface area contributed by atoms with Crippen LogP contribution in [0.1, 0.15) is 83.3 Å². The van der Waals surface area contributed by atoms with E-state index in [0.717, 1.165) is 49.3 Å². The fourth-order valence-electron chi connectivity index (χ4n) is 5.47. The van der Waals surface area contributed by atoms with E-state index < -0.39 is 6.16 Å². The molecule has 1 saturated heterocycles. The number of hydrogen-bond acceptors (Lipinski definition) is 6. The lowest BCUT2D eigenvalue weighted by Crippen LogP contribution is -2.60. The molecule has 1 aliphatic heterocycles. The van der Waals surface area contributed by atoms with Gasteiger partial charge in [-0.25, -0.2) is 4.79 Å². The summed E-state index contributed by atoms with van der Waals surface area (Å²) in [5, 5.41) is 0. The molecular weight excluding hydrogens is 492 g/mol. The molecule has 1 aliphatic rings. The van der Waals surface area contributed by atoms with Crippen LogP contribution in [-0.2, 0) is 14.3 Å². The highest BCUT2D eigenvalue weighted by atomic mass is 16.7. The van der Waals surface area contributed by atoms with Gasteiger partial charge in [-0.2, -0.15) is 0 Å². The van der Waals surface area contributed by atoms with Crippen molar-refractivity contribution in [2.75, 3.05) is 44.9 Å². The summed E-state index contributed by atoms with van der Waals surface area (Å²) in [5.74, 6) is 1.21. The summed E-state index contributed by atoms with van der Waals surface area (Å²) >= 11 is 0. The van der Waals surface area contributed by atoms with Crippen molar-refractivity contribution in [2.45, 2.75) is 77.7 Å². The maximum absolute atomic E-state index is 13.1. The number of ether oxygens (including phenoxy) is 3. The second-order valence-electron chi connectivity index (χ2n) is 11.0. The van der Waals surface area contributed by atoms with Crippen LogP contribution in [0, 0.1) is 0 Å². The Labute approximate surface area is 234 Å². The highest BCUT2D eigenvalue weighted by Crippen LogP contribution is 2.36. The number of nitrogens with zero attached hydrogens (tertiary/aromatic N) is 2. The van der Waals surface area contributed by atoms with Gasteiger partial charge in [0.2, 0.25) is 5.91 Å². The van der Waals surface area contributed by atoms with Crippen molar-refractivity contribution in [2.24, 2.45) is 0 Å². The van der Waals surface area contributed by atoms with E-state index >= 15 is 0 Å². The van der Waals surface area contributed by atoms with Crippen molar-refractivity contribution in [3.63, 3.8) is 0 Å². The Balaban J connectivity index is 1.54. The van der Waals surface area contributed by atoms with Crippen LogP contribution in [-0.4, -0.2) is 62.5 Å². The Bertz CT molecular complexity index is 1040. The van der Waals surface area contributed by atoms with Crippen molar-refractivity contribution >= 4 is 17.7 Å². The Kier molecular flexibility index (Phi) is 11.4. The first-order chi connectivity index (χ1) is 18.7. The molecule has 0 saturated carbocycles. The maximum atomic E-state index is 13.1. The molecule has 0 unspecified atom stereocenters. The van der Waals surface area contributed by atoms with Crippen LogP contribution in [0.15, 0.2) is 48.5 Å². The van der Waals surface area contributed by atoms with Gasteiger partial charge in [0.25, 0.3) is 0 Å².